The lowest BCUT2D eigenvalue weighted by Crippen LogP contribution is -2.45. The predicted molar refractivity (Wildman–Crippen MR) is 134 cm³/mol. The number of halogens is 1. The molecule has 1 unspecified atom stereocenters. The highest BCUT2D eigenvalue weighted by molar-refractivity contribution is 7.99. The summed E-state index contributed by atoms with van der Waals surface area (Å²) in [6, 6.07) is 14.5. The van der Waals surface area contributed by atoms with Crippen LogP contribution in [0.1, 0.15) is 40.5 Å². The van der Waals surface area contributed by atoms with Crippen LogP contribution in [0.25, 0.3) is 0 Å². The summed E-state index contributed by atoms with van der Waals surface area (Å²) in [4.78, 5) is 34.8. The number of carbonyl (C=O) groups is 2. The Kier molecular flexibility index (Phi) is 8.86. The number of rotatable bonds is 9. The van der Waals surface area contributed by atoms with Gasteiger partial charge in [-0.3, -0.25) is 9.59 Å². The van der Waals surface area contributed by atoms with E-state index in [0.717, 1.165) is 28.9 Å². The molecule has 2 amide bonds. The van der Waals surface area contributed by atoms with E-state index in [2.05, 4.69) is 27.5 Å². The van der Waals surface area contributed by atoms with Crippen molar-refractivity contribution in [2.45, 2.75) is 44.8 Å². The fourth-order valence-electron chi connectivity index (χ4n) is 3.23. The van der Waals surface area contributed by atoms with Crippen LogP contribution < -0.4 is 10.6 Å². The lowest BCUT2D eigenvalue weighted by Gasteiger charge is -2.20. The van der Waals surface area contributed by atoms with Gasteiger partial charge >= 0.3 is 0 Å². The molecule has 3 rings (SSSR count). The van der Waals surface area contributed by atoms with E-state index in [0.29, 0.717) is 17.3 Å². The predicted octanol–water partition coefficient (Wildman–Crippen LogP) is 5.23. The van der Waals surface area contributed by atoms with Crippen molar-refractivity contribution in [2.75, 3.05) is 11.1 Å². The summed E-state index contributed by atoms with van der Waals surface area (Å²) in [5.41, 5.74) is 3.74. The van der Waals surface area contributed by atoms with Crippen LogP contribution in [0.5, 0.6) is 0 Å². The van der Waals surface area contributed by atoms with Crippen molar-refractivity contribution >= 4 is 40.9 Å². The number of anilines is 1. The summed E-state index contributed by atoms with van der Waals surface area (Å²) >= 11 is 7.67. The molecule has 3 aromatic rings. The van der Waals surface area contributed by atoms with E-state index in [1.54, 1.807) is 0 Å². The molecule has 33 heavy (non-hydrogen) atoms. The standard InChI is InChI=1S/C25H27ClN4O2S/c1-4-12-33-25-27-15-19(26)22(30-25)24(32)29-21(14-18-8-6-5-7-9-18)23(31)28-20-11-10-16(2)13-17(20)3/h5-11,13,15,21H,4,12,14H2,1-3H3,(H,28,31)(H,29,32). The van der Waals surface area contributed by atoms with Gasteiger partial charge < -0.3 is 10.6 Å². The van der Waals surface area contributed by atoms with E-state index in [-0.39, 0.29) is 16.6 Å². The number of hydrogen-bond acceptors (Lipinski definition) is 5. The molecule has 0 aliphatic heterocycles. The Balaban J connectivity index is 1.83. The van der Waals surface area contributed by atoms with Crippen molar-refractivity contribution in [2.24, 2.45) is 0 Å². The van der Waals surface area contributed by atoms with Gasteiger partial charge in [-0.05, 0) is 37.5 Å². The van der Waals surface area contributed by atoms with Crippen LogP contribution in [0.3, 0.4) is 0 Å². The lowest BCUT2D eigenvalue weighted by molar-refractivity contribution is -0.118. The zero-order chi connectivity index (χ0) is 23.8. The summed E-state index contributed by atoms with van der Waals surface area (Å²) in [5.74, 6) is -0.000153. The summed E-state index contributed by atoms with van der Waals surface area (Å²) in [6.45, 7) is 5.98. The minimum absolute atomic E-state index is 0.0580. The highest BCUT2D eigenvalue weighted by Crippen LogP contribution is 2.20. The first kappa shape index (κ1) is 24.7. The molecule has 2 aromatic carbocycles. The van der Waals surface area contributed by atoms with Gasteiger partial charge in [0.2, 0.25) is 5.91 Å². The maximum Gasteiger partial charge on any atom is 0.272 e. The third-order valence-electron chi connectivity index (χ3n) is 4.92. The monoisotopic (exact) mass is 482 g/mol. The van der Waals surface area contributed by atoms with Crippen LogP contribution in [0.2, 0.25) is 5.02 Å². The lowest BCUT2D eigenvalue weighted by atomic mass is 10.0. The number of hydrogen-bond donors (Lipinski definition) is 2. The van der Waals surface area contributed by atoms with Crippen molar-refractivity contribution in [1.29, 1.82) is 0 Å². The fraction of sp³-hybridized carbons (Fsp3) is 0.280. The number of nitrogens with zero attached hydrogens (tertiary/aromatic N) is 2. The molecule has 1 aromatic heterocycles. The Morgan fingerprint density at radius 2 is 1.88 bits per heavy atom. The summed E-state index contributed by atoms with van der Waals surface area (Å²) in [6.07, 6.45) is 2.70. The van der Waals surface area contributed by atoms with E-state index in [1.165, 1.54) is 18.0 Å². The Morgan fingerprint density at radius 3 is 2.58 bits per heavy atom. The van der Waals surface area contributed by atoms with E-state index in [1.807, 2.05) is 62.4 Å². The van der Waals surface area contributed by atoms with Gasteiger partial charge in [0.05, 0.1) is 11.2 Å². The van der Waals surface area contributed by atoms with E-state index >= 15 is 0 Å². The molecular weight excluding hydrogens is 456 g/mol. The van der Waals surface area contributed by atoms with Crippen LogP contribution >= 0.6 is 23.4 Å². The molecule has 172 valence electrons. The highest BCUT2D eigenvalue weighted by atomic mass is 35.5. The number of benzene rings is 2. The second-order valence-electron chi connectivity index (χ2n) is 7.72. The molecule has 6 nitrogen and oxygen atoms in total. The van der Waals surface area contributed by atoms with Crippen molar-refractivity contribution in [3.05, 3.63) is 82.1 Å². The van der Waals surface area contributed by atoms with E-state index < -0.39 is 11.9 Å². The fourth-order valence-corrected chi connectivity index (χ4v) is 4.08. The summed E-state index contributed by atoms with van der Waals surface area (Å²) in [7, 11) is 0. The number of thioether (sulfide) groups is 1. The molecule has 1 atom stereocenters. The normalized spacial score (nSPS) is 11.6. The van der Waals surface area contributed by atoms with Crippen LogP contribution in [0.15, 0.2) is 59.9 Å². The summed E-state index contributed by atoms with van der Waals surface area (Å²) < 4.78 is 0. The molecule has 1 heterocycles. The van der Waals surface area contributed by atoms with E-state index in [9.17, 15) is 9.59 Å². The van der Waals surface area contributed by atoms with Gasteiger partial charge in [-0.1, -0.05) is 78.3 Å². The molecule has 0 bridgehead atoms. The van der Waals surface area contributed by atoms with Crippen LogP contribution in [0, 0.1) is 13.8 Å². The Labute approximate surface area is 203 Å². The topological polar surface area (TPSA) is 84.0 Å². The minimum atomic E-state index is -0.821. The van der Waals surface area contributed by atoms with Gasteiger partial charge in [0.25, 0.3) is 5.91 Å². The Morgan fingerprint density at radius 1 is 1.12 bits per heavy atom. The third kappa shape index (κ3) is 7.04. The largest absolute Gasteiger partial charge is 0.338 e. The van der Waals surface area contributed by atoms with Gasteiger partial charge in [-0.15, -0.1) is 0 Å². The number of aromatic nitrogens is 2. The molecule has 0 spiro atoms. The Bertz CT molecular complexity index is 1120. The Hall–Kier alpha value is -2.90. The molecular formula is C25H27ClN4O2S. The van der Waals surface area contributed by atoms with Crippen LogP contribution in [-0.4, -0.2) is 33.6 Å². The second kappa shape index (κ2) is 11.8. The van der Waals surface area contributed by atoms with Gasteiger partial charge in [-0.25, -0.2) is 9.97 Å². The van der Waals surface area contributed by atoms with Crippen molar-refractivity contribution < 1.29 is 9.59 Å². The van der Waals surface area contributed by atoms with Gasteiger partial charge in [0, 0.05) is 17.9 Å². The molecule has 0 aliphatic rings. The minimum Gasteiger partial charge on any atom is -0.338 e. The average Bonchev–Trinajstić information content (AvgIpc) is 2.80. The molecule has 8 heteroatoms. The zero-order valence-corrected chi connectivity index (χ0v) is 20.5. The van der Waals surface area contributed by atoms with Crippen molar-refractivity contribution in [1.82, 2.24) is 15.3 Å². The number of nitrogens with one attached hydrogen (secondary N) is 2. The average molecular weight is 483 g/mol. The number of amides is 2. The first-order chi connectivity index (χ1) is 15.9. The van der Waals surface area contributed by atoms with E-state index in [4.69, 9.17) is 11.6 Å². The molecule has 0 saturated carbocycles. The smallest absolute Gasteiger partial charge is 0.272 e. The first-order valence-electron chi connectivity index (χ1n) is 10.8. The summed E-state index contributed by atoms with van der Waals surface area (Å²) in [5, 5.41) is 6.38. The van der Waals surface area contributed by atoms with Crippen molar-refractivity contribution in [3.8, 4) is 0 Å². The number of carbonyl (C=O) groups excluding carboxylic acids is 2. The third-order valence-corrected chi connectivity index (χ3v) is 6.26. The molecule has 0 fully saturated rings. The molecule has 2 N–H and O–H groups in total. The molecule has 0 radical (unpaired) electrons. The van der Waals surface area contributed by atoms with Crippen LogP contribution in [0.4, 0.5) is 5.69 Å². The van der Waals surface area contributed by atoms with Gasteiger partial charge in [0.15, 0.2) is 10.9 Å². The quantitative estimate of drug-likeness (QED) is 0.322. The van der Waals surface area contributed by atoms with Gasteiger partial charge in [-0.2, -0.15) is 0 Å². The zero-order valence-electron chi connectivity index (χ0n) is 18.9. The SMILES string of the molecule is CCCSc1ncc(Cl)c(C(=O)NC(Cc2ccccc2)C(=O)Nc2ccc(C)cc2C)n1. The highest BCUT2D eigenvalue weighted by Gasteiger charge is 2.25. The van der Waals surface area contributed by atoms with Gasteiger partial charge in [0.1, 0.15) is 6.04 Å². The number of aryl methyl sites for hydroxylation is 2. The molecule has 0 saturated heterocycles. The first-order valence-corrected chi connectivity index (χ1v) is 12.1. The maximum atomic E-state index is 13.2. The van der Waals surface area contributed by atoms with Crippen LogP contribution in [-0.2, 0) is 11.2 Å². The molecule has 0 aliphatic carbocycles. The van der Waals surface area contributed by atoms with Crippen molar-refractivity contribution in [3.63, 3.8) is 0 Å². The second-order valence-corrected chi connectivity index (χ2v) is 9.19. The maximum absolute atomic E-state index is 13.2.